The largest absolute Gasteiger partial charge is 0.508 e. The molecule has 2 atom stereocenters. The lowest BCUT2D eigenvalue weighted by Gasteiger charge is -2.14. The predicted molar refractivity (Wildman–Crippen MR) is 178 cm³/mol. The van der Waals surface area contributed by atoms with Crippen LogP contribution >= 0.6 is 0 Å². The number of nitrogens with one attached hydrogen (secondary N) is 2. The number of benzene rings is 2. The molecule has 4 rings (SSSR count). The number of pyridine rings is 1. The van der Waals surface area contributed by atoms with Crippen LogP contribution in [0.25, 0.3) is 22.0 Å². The number of H-pyrrole nitrogens is 1. The van der Waals surface area contributed by atoms with Gasteiger partial charge in [-0.25, -0.2) is 4.79 Å². The number of aromatic amines is 1. The molecule has 13 nitrogen and oxygen atoms in total. The summed E-state index contributed by atoms with van der Waals surface area (Å²) in [4.78, 5) is 40.3. The Morgan fingerprint density at radius 3 is 1.96 bits per heavy atom. The number of carbonyl (C=O) groups is 2. The molecule has 51 heavy (non-hydrogen) atoms. The lowest BCUT2D eigenvalue weighted by molar-refractivity contribution is -0.137. The number of alkyl halides is 3. The molecule has 2 N–H and O–H groups in total. The van der Waals surface area contributed by atoms with Gasteiger partial charge < -0.3 is 48.2 Å². The van der Waals surface area contributed by atoms with Gasteiger partial charge in [0.15, 0.2) is 0 Å². The van der Waals surface area contributed by atoms with Crippen LogP contribution in [0, 0.1) is 0 Å². The van der Waals surface area contributed by atoms with Crippen LogP contribution in [-0.2, 0) is 48.9 Å². The molecule has 1 aliphatic rings. The lowest BCUT2D eigenvalue weighted by atomic mass is 9.93. The first-order valence-electron chi connectivity index (χ1n) is 16.5. The number of hydrogen-bond donors (Lipinski definition) is 2. The van der Waals surface area contributed by atoms with Gasteiger partial charge in [-0.15, -0.1) is 0 Å². The van der Waals surface area contributed by atoms with Crippen molar-refractivity contribution in [3.8, 4) is 11.3 Å². The summed E-state index contributed by atoms with van der Waals surface area (Å²) >= 11 is 0. The summed E-state index contributed by atoms with van der Waals surface area (Å²) < 4.78 is 82.5. The number of rotatable bonds is 22. The van der Waals surface area contributed by atoms with Gasteiger partial charge in [-0.2, -0.15) is 13.2 Å². The lowest BCUT2D eigenvalue weighted by Crippen LogP contribution is -2.31. The highest BCUT2D eigenvalue weighted by atomic mass is 19.4. The van der Waals surface area contributed by atoms with Crippen LogP contribution in [0.4, 0.5) is 18.0 Å². The predicted octanol–water partition coefficient (Wildman–Crippen LogP) is 4.07. The van der Waals surface area contributed by atoms with Gasteiger partial charge in [0.2, 0.25) is 5.91 Å². The van der Waals surface area contributed by atoms with Crippen molar-refractivity contribution in [3.05, 3.63) is 70.0 Å². The van der Waals surface area contributed by atoms with E-state index in [4.69, 9.17) is 37.9 Å². The van der Waals surface area contributed by atoms with Gasteiger partial charge >= 0.3 is 12.3 Å². The van der Waals surface area contributed by atoms with E-state index in [-0.39, 0.29) is 42.4 Å². The van der Waals surface area contributed by atoms with Gasteiger partial charge in [0.1, 0.15) is 13.2 Å². The number of ether oxygens (including phenoxy) is 8. The average Bonchev–Trinajstić information content (AvgIpc) is 3.49. The van der Waals surface area contributed by atoms with Crippen LogP contribution in [0.5, 0.6) is 0 Å². The molecule has 1 unspecified atom stereocenters. The zero-order chi connectivity index (χ0) is 36.5. The van der Waals surface area contributed by atoms with Crippen molar-refractivity contribution in [2.75, 3.05) is 93.0 Å². The molecule has 3 aromatic rings. The van der Waals surface area contributed by atoms with Gasteiger partial charge in [-0.1, -0.05) is 30.3 Å². The zero-order valence-corrected chi connectivity index (χ0v) is 28.3. The van der Waals surface area contributed by atoms with Crippen LogP contribution in [0.2, 0.25) is 0 Å². The average molecular weight is 725 g/mol. The minimum Gasteiger partial charge on any atom is -0.432 e. The highest BCUT2D eigenvalue weighted by molar-refractivity contribution is 5.90. The fraction of sp³-hybridized carbons (Fsp3) is 0.514. The van der Waals surface area contributed by atoms with E-state index in [2.05, 4.69) is 10.3 Å². The summed E-state index contributed by atoms with van der Waals surface area (Å²) in [5.74, 6) is -0.933. The summed E-state index contributed by atoms with van der Waals surface area (Å²) in [7, 11) is 1.62. The molecule has 0 aliphatic carbocycles. The number of amides is 1. The highest BCUT2D eigenvalue weighted by Crippen LogP contribution is 2.37. The Kier molecular flexibility index (Phi) is 16.1. The fourth-order valence-corrected chi connectivity index (χ4v) is 5.27. The first-order chi connectivity index (χ1) is 24.7. The Balaban J connectivity index is 1.08. The molecule has 1 aromatic heterocycles. The maximum absolute atomic E-state index is 13.6. The summed E-state index contributed by atoms with van der Waals surface area (Å²) in [6.45, 7) is 4.43. The van der Waals surface area contributed by atoms with Crippen LogP contribution < -0.4 is 10.9 Å². The van der Waals surface area contributed by atoms with E-state index < -0.39 is 35.4 Å². The monoisotopic (exact) mass is 724 g/mol. The highest BCUT2D eigenvalue weighted by Gasteiger charge is 2.35. The van der Waals surface area contributed by atoms with Gasteiger partial charge in [0.05, 0.1) is 90.2 Å². The second-order valence-corrected chi connectivity index (χ2v) is 11.4. The van der Waals surface area contributed by atoms with Crippen molar-refractivity contribution in [2.24, 2.45) is 0 Å². The van der Waals surface area contributed by atoms with Crippen LogP contribution in [-0.4, -0.2) is 116 Å². The van der Waals surface area contributed by atoms with Gasteiger partial charge in [0, 0.05) is 23.8 Å². The van der Waals surface area contributed by atoms with Crippen LogP contribution in [0.1, 0.15) is 23.5 Å². The summed E-state index contributed by atoms with van der Waals surface area (Å²) in [5.41, 5.74) is -1.01. The van der Waals surface area contributed by atoms with E-state index in [0.717, 1.165) is 6.07 Å². The normalized spacial score (nSPS) is 16.0. The molecule has 1 saturated heterocycles. The first-order valence-corrected chi connectivity index (χ1v) is 16.5. The number of halogens is 3. The molecule has 1 aliphatic heterocycles. The SMILES string of the molecule is COCCOCCOCCOCCOCCOCCOC(=O)OCC1C[C@@H](c2ccc3cc(-c4ccccc4C(F)(F)F)[nH]c(=O)c3c2)C(=O)N1. The van der Waals surface area contributed by atoms with Crippen LogP contribution in [0.3, 0.4) is 0 Å². The van der Waals surface area contributed by atoms with Crippen molar-refractivity contribution in [1.29, 1.82) is 0 Å². The maximum atomic E-state index is 13.6. The fourth-order valence-electron chi connectivity index (χ4n) is 5.27. The summed E-state index contributed by atoms with van der Waals surface area (Å²) in [6, 6.07) is 10.8. The first kappa shape index (κ1) is 39.7. The second-order valence-electron chi connectivity index (χ2n) is 11.4. The van der Waals surface area contributed by atoms with Crippen LogP contribution in [0.15, 0.2) is 53.3 Å². The van der Waals surface area contributed by atoms with E-state index in [1.807, 2.05) is 0 Å². The number of fused-ring (bicyclic) bond motifs is 1. The van der Waals surface area contributed by atoms with E-state index in [9.17, 15) is 27.6 Å². The van der Waals surface area contributed by atoms with Crippen molar-refractivity contribution >= 4 is 22.8 Å². The molecular formula is C35H43F3N2O11. The quantitative estimate of drug-likeness (QED) is 0.114. The van der Waals surface area contributed by atoms with E-state index in [0.29, 0.717) is 83.4 Å². The van der Waals surface area contributed by atoms with Crippen molar-refractivity contribution in [3.63, 3.8) is 0 Å². The molecule has 0 bridgehead atoms. The molecule has 1 fully saturated rings. The molecule has 0 spiro atoms. The summed E-state index contributed by atoms with van der Waals surface area (Å²) in [6.07, 6.45) is -5.22. The molecule has 1 amide bonds. The van der Waals surface area contributed by atoms with Crippen molar-refractivity contribution in [1.82, 2.24) is 10.3 Å². The topological polar surface area (TPSA) is 153 Å². The van der Waals surface area contributed by atoms with E-state index in [1.165, 1.54) is 24.3 Å². The third-order valence-corrected chi connectivity index (χ3v) is 7.75. The molecular weight excluding hydrogens is 681 g/mol. The smallest absolute Gasteiger partial charge is 0.432 e. The third kappa shape index (κ3) is 12.9. The third-order valence-electron chi connectivity index (χ3n) is 7.75. The Bertz CT molecular complexity index is 1600. The van der Waals surface area contributed by atoms with E-state index >= 15 is 0 Å². The maximum Gasteiger partial charge on any atom is 0.508 e. The zero-order valence-electron chi connectivity index (χ0n) is 28.3. The standard InChI is InChI=1S/C35H43F3N2O11/c1-44-8-9-45-10-11-46-12-13-47-14-15-48-16-17-49-18-19-50-34(43)51-23-26-22-29(32(41)39-26)24-6-7-25-21-31(40-33(42)28(25)20-24)27-4-2-3-5-30(27)35(36,37)38/h2-7,20-21,26,29H,8-19,22-23H2,1H3,(H,39,41)(H,40,42)/t26?,29-/m0/s1. The van der Waals surface area contributed by atoms with Crippen molar-refractivity contribution < 1.29 is 60.7 Å². The van der Waals surface area contributed by atoms with Gasteiger partial charge in [0.25, 0.3) is 5.56 Å². The molecule has 2 heterocycles. The van der Waals surface area contributed by atoms with Gasteiger partial charge in [-0.3, -0.25) is 9.59 Å². The van der Waals surface area contributed by atoms with E-state index in [1.54, 1.807) is 25.3 Å². The number of hydrogen-bond acceptors (Lipinski definition) is 11. The number of methoxy groups -OCH3 is 1. The Morgan fingerprint density at radius 2 is 1.35 bits per heavy atom. The Morgan fingerprint density at radius 1 is 0.765 bits per heavy atom. The molecule has 280 valence electrons. The second kappa shape index (κ2) is 20.7. The minimum atomic E-state index is -4.60. The number of carbonyl (C=O) groups excluding carboxylic acids is 2. The minimum absolute atomic E-state index is 0.0311. The van der Waals surface area contributed by atoms with Gasteiger partial charge in [-0.05, 0) is 35.6 Å². The van der Waals surface area contributed by atoms with Crippen molar-refractivity contribution in [2.45, 2.75) is 24.6 Å². The molecule has 2 aromatic carbocycles. The molecule has 16 heteroatoms. The number of aromatic nitrogens is 1. The molecule has 0 saturated carbocycles. The molecule has 0 radical (unpaired) electrons. The summed E-state index contributed by atoms with van der Waals surface area (Å²) in [5, 5.41) is 3.43. The Labute approximate surface area is 292 Å². The Hall–Kier alpha value is -4.06.